The first kappa shape index (κ1) is 20.3. The summed E-state index contributed by atoms with van der Waals surface area (Å²) in [5.41, 5.74) is 0.972. The zero-order valence-electron chi connectivity index (χ0n) is 8.69. The van der Waals surface area contributed by atoms with Crippen LogP contribution in [0.1, 0.15) is 19.4 Å². The molecule has 13 heavy (non-hydrogen) atoms. The fourth-order valence-corrected chi connectivity index (χ4v) is 0.799. The first-order valence-corrected chi connectivity index (χ1v) is 3.26. The molecule has 0 aromatic heterocycles. The van der Waals surface area contributed by atoms with Crippen molar-refractivity contribution in [3.8, 4) is 0 Å². The predicted octanol–water partition coefficient (Wildman–Crippen LogP) is 0.242. The maximum absolute atomic E-state index is 12.5. The van der Waals surface area contributed by atoms with Crippen LogP contribution in [0.3, 0.4) is 0 Å². The summed E-state index contributed by atoms with van der Waals surface area (Å²) in [4.78, 5) is 0. The second kappa shape index (κ2) is 10.4. The summed E-state index contributed by atoms with van der Waals surface area (Å²) in [6.45, 7) is 3.93. The Labute approximate surface area is 153 Å². The minimum absolute atomic E-state index is 0. The molecule has 1 aromatic rings. The number of halogens is 1. The quantitative estimate of drug-likeness (QED) is 0.511. The molecular weight excluding hydrogens is 463 g/mol. The smallest absolute Gasteiger partial charge is 0.358 e. The van der Waals surface area contributed by atoms with Gasteiger partial charge in [-0.2, -0.15) is 17.5 Å². The van der Waals surface area contributed by atoms with Gasteiger partial charge < -0.3 is 7.43 Å². The van der Waals surface area contributed by atoms with Crippen LogP contribution in [0.4, 0.5) is 4.39 Å². The van der Waals surface area contributed by atoms with Crippen molar-refractivity contribution in [3.63, 3.8) is 0 Å². The molecule has 0 heterocycles. The second-order valence-electron chi connectivity index (χ2n) is 2.51. The maximum atomic E-state index is 12.5. The fourth-order valence-electron chi connectivity index (χ4n) is 0.799. The van der Waals surface area contributed by atoms with Crippen LogP contribution in [0.15, 0.2) is 24.3 Å². The number of rotatable bonds is 1. The molecule has 3 heteroatoms. The molecular formula is C10H13FRbU-. The first-order valence-electron chi connectivity index (χ1n) is 3.26. The molecule has 0 bridgehead atoms. The summed E-state index contributed by atoms with van der Waals surface area (Å²) < 4.78 is 12.5. The van der Waals surface area contributed by atoms with Crippen molar-refractivity contribution in [2.45, 2.75) is 13.8 Å². The summed E-state index contributed by atoms with van der Waals surface area (Å²) in [7, 11) is 0. The molecule has 0 amide bonds. The van der Waals surface area contributed by atoms with E-state index >= 15 is 0 Å². The minimum Gasteiger partial charge on any atom is -0.358 e. The molecule has 0 nitrogen and oxygen atoms in total. The summed E-state index contributed by atoms with van der Waals surface area (Å²) in [6, 6.07) is 6.61. The van der Waals surface area contributed by atoms with Gasteiger partial charge in [0.15, 0.2) is 0 Å². The van der Waals surface area contributed by atoms with Crippen molar-refractivity contribution in [1.29, 1.82) is 0 Å². The maximum Gasteiger partial charge on any atom is 1.00 e. The van der Waals surface area contributed by atoms with Crippen molar-refractivity contribution in [3.05, 3.63) is 49.0 Å². The van der Waals surface area contributed by atoms with E-state index in [1.807, 2.05) is 19.9 Å². The molecule has 1 aromatic carbocycles. The van der Waals surface area contributed by atoms with Crippen LogP contribution in [0.25, 0.3) is 0 Å². The molecule has 0 unspecified atom stereocenters. The van der Waals surface area contributed by atoms with Crippen LogP contribution in [-0.2, 0) is 0 Å². The topological polar surface area (TPSA) is 0 Å². The van der Waals surface area contributed by atoms with E-state index in [9.17, 15) is 4.39 Å². The SMILES string of the molecule is C[C-](C)c1cccc(F)c1.[CH3-].[Rb+].[U]. The van der Waals surface area contributed by atoms with Gasteiger partial charge in [-0.3, -0.25) is 0 Å². The number of hydrogen-bond acceptors (Lipinski definition) is 0. The number of benzene rings is 1. The largest absolute Gasteiger partial charge is 1.00 e. The zero-order valence-corrected chi connectivity index (χ0v) is 17.8. The van der Waals surface area contributed by atoms with E-state index in [1.165, 1.54) is 12.1 Å². The van der Waals surface area contributed by atoms with Gasteiger partial charge in [-0.15, -0.1) is 12.1 Å². The molecule has 0 aliphatic heterocycles. The Hall–Kier alpha value is 1.88. The molecule has 0 N–H and O–H groups in total. The Morgan fingerprint density at radius 2 is 1.77 bits per heavy atom. The second-order valence-corrected chi connectivity index (χ2v) is 2.51. The van der Waals surface area contributed by atoms with E-state index in [-0.39, 0.29) is 103 Å². The normalized spacial score (nSPS) is 7.31. The van der Waals surface area contributed by atoms with Crippen LogP contribution < -0.4 is 58.2 Å². The van der Waals surface area contributed by atoms with Gasteiger partial charge >= 0.3 is 58.2 Å². The van der Waals surface area contributed by atoms with Gasteiger partial charge in [-0.1, -0.05) is 19.9 Å². The van der Waals surface area contributed by atoms with E-state index in [0.717, 1.165) is 11.5 Å². The molecule has 1 rings (SSSR count). The molecule has 0 saturated heterocycles. The number of hydrogen-bond donors (Lipinski definition) is 0. The van der Waals surface area contributed by atoms with Crippen LogP contribution in [-0.4, -0.2) is 0 Å². The van der Waals surface area contributed by atoms with Crippen molar-refractivity contribution in [2.75, 3.05) is 0 Å². The Kier molecular flexibility index (Phi) is 16.2. The van der Waals surface area contributed by atoms with Crippen molar-refractivity contribution in [1.82, 2.24) is 0 Å². The van der Waals surface area contributed by atoms with Crippen molar-refractivity contribution >= 4 is 0 Å². The van der Waals surface area contributed by atoms with Crippen molar-refractivity contribution in [2.24, 2.45) is 0 Å². The molecule has 0 saturated carbocycles. The summed E-state index contributed by atoms with van der Waals surface area (Å²) in [5.74, 6) is 0.971. The third kappa shape index (κ3) is 7.77. The Morgan fingerprint density at radius 1 is 1.23 bits per heavy atom. The monoisotopic (exact) mass is 475 g/mol. The van der Waals surface area contributed by atoms with Gasteiger partial charge in [-0.25, -0.2) is 4.39 Å². The van der Waals surface area contributed by atoms with Gasteiger partial charge in [0.1, 0.15) is 0 Å². The van der Waals surface area contributed by atoms with E-state index in [2.05, 4.69) is 0 Å². The minimum atomic E-state index is -0.168. The molecule has 0 spiro atoms. The molecule has 0 aliphatic rings. The third-order valence-corrected chi connectivity index (χ3v) is 1.40. The Balaban J connectivity index is -0.000000333. The summed E-state index contributed by atoms with van der Waals surface area (Å²) in [5, 5.41) is 0. The fraction of sp³-hybridized carbons (Fsp3) is 0.200. The Morgan fingerprint density at radius 3 is 2.08 bits per heavy atom. The molecule has 0 atom stereocenters. The molecule has 66 valence electrons. The average Bonchev–Trinajstić information content (AvgIpc) is 1.88. The summed E-state index contributed by atoms with van der Waals surface area (Å²) in [6.07, 6.45) is 0. The van der Waals surface area contributed by atoms with Crippen molar-refractivity contribution < 1.29 is 93.7 Å². The third-order valence-electron chi connectivity index (χ3n) is 1.40. The van der Waals surface area contributed by atoms with Gasteiger partial charge in [0.05, 0.1) is 5.82 Å². The van der Waals surface area contributed by atoms with E-state index in [0.29, 0.717) is 0 Å². The molecule has 0 aliphatic carbocycles. The zero-order chi connectivity index (χ0) is 7.56. The van der Waals surface area contributed by atoms with Crippen LogP contribution in [0.5, 0.6) is 0 Å². The van der Waals surface area contributed by atoms with Crippen LogP contribution in [0.2, 0.25) is 0 Å². The van der Waals surface area contributed by atoms with Gasteiger partial charge in [0, 0.05) is 31.1 Å². The average molecular weight is 476 g/mol. The molecule has 0 radical (unpaired) electrons. The molecule has 0 fully saturated rings. The van der Waals surface area contributed by atoms with Crippen LogP contribution >= 0.6 is 0 Å². The van der Waals surface area contributed by atoms with E-state index < -0.39 is 0 Å². The Bertz CT molecular complexity index is 226. The van der Waals surface area contributed by atoms with E-state index in [4.69, 9.17) is 0 Å². The van der Waals surface area contributed by atoms with Crippen LogP contribution in [0, 0.1) is 50.3 Å². The predicted molar refractivity (Wildman–Crippen MR) is 46.5 cm³/mol. The van der Waals surface area contributed by atoms with Gasteiger partial charge in [0.2, 0.25) is 0 Å². The standard InChI is InChI=1S/C9H10F.CH3.Rb.U/c1-7(2)8-4-3-5-9(10)6-8;;;/h3-6H,1-2H3;1H3;;/q2*-1;+1;. The first-order chi connectivity index (χ1) is 4.70. The van der Waals surface area contributed by atoms with Gasteiger partial charge in [-0.05, 0) is 0 Å². The van der Waals surface area contributed by atoms with Gasteiger partial charge in [0.25, 0.3) is 0 Å². The summed E-state index contributed by atoms with van der Waals surface area (Å²) >= 11 is 0. The van der Waals surface area contributed by atoms with E-state index in [1.54, 1.807) is 6.07 Å².